The van der Waals surface area contributed by atoms with Gasteiger partial charge in [-0.15, -0.1) is 0 Å². The molecule has 0 aromatic rings. The molecule has 1 fully saturated rings. The minimum Gasteiger partial charge on any atom is -0.480 e. The van der Waals surface area contributed by atoms with Crippen LogP contribution < -0.4 is 16.0 Å². The number of carboxylic acid groups (broad SMARTS) is 1. The molecule has 0 aromatic heterocycles. The van der Waals surface area contributed by atoms with Gasteiger partial charge in [0.05, 0.1) is 106 Å². The molecule has 0 spiro atoms. The van der Waals surface area contributed by atoms with Crippen molar-refractivity contribution in [2.24, 2.45) is 17.8 Å². The van der Waals surface area contributed by atoms with Gasteiger partial charge in [0.1, 0.15) is 12.1 Å². The number of imide groups is 1. The molecule has 1 aliphatic rings. The van der Waals surface area contributed by atoms with Crippen LogP contribution in [0.5, 0.6) is 0 Å². The summed E-state index contributed by atoms with van der Waals surface area (Å²) >= 11 is 0. The van der Waals surface area contributed by atoms with Crippen molar-refractivity contribution in [3.8, 4) is 0 Å². The van der Waals surface area contributed by atoms with E-state index in [0.717, 1.165) is 0 Å². The summed E-state index contributed by atoms with van der Waals surface area (Å²) < 4.78 is 43.6. The average molecular weight is 807 g/mol. The quantitative estimate of drug-likeness (QED) is 0.0473. The largest absolute Gasteiger partial charge is 0.480 e. The van der Waals surface area contributed by atoms with Crippen LogP contribution in [-0.2, 0) is 66.7 Å². The first-order valence-corrected chi connectivity index (χ1v) is 19.4. The van der Waals surface area contributed by atoms with E-state index in [1.807, 2.05) is 13.8 Å². The first kappa shape index (κ1) is 50.7. The van der Waals surface area contributed by atoms with E-state index in [9.17, 15) is 28.8 Å². The number of aliphatic carboxylic acids is 1. The molecule has 0 aliphatic carbocycles. The second kappa shape index (κ2) is 31.7. The lowest BCUT2D eigenvalue weighted by Crippen LogP contribution is -2.53. The molecule has 4 N–H and O–H groups in total. The number of likely N-dealkylation sites (tertiary alicyclic amines) is 1. The molecule has 1 aliphatic heterocycles. The minimum absolute atomic E-state index is 0.0487. The maximum Gasteiger partial charge on any atom is 0.325 e. The fourth-order valence-corrected chi connectivity index (χ4v) is 4.98. The van der Waals surface area contributed by atoms with Gasteiger partial charge in [-0.05, 0) is 18.8 Å². The SMILES string of the molecule is CC(NC(=O)C(NC(=O)CCOCCOCCOCCOCCOCCOCCOCCOCCNC(=O)CCN1C(=O)CC(C(C)C)C1=O)C(C)C)C(=O)O. The monoisotopic (exact) mass is 806 g/mol. The highest BCUT2D eigenvalue weighted by atomic mass is 16.6. The van der Waals surface area contributed by atoms with Gasteiger partial charge in [0, 0.05) is 38.3 Å². The van der Waals surface area contributed by atoms with E-state index in [2.05, 4.69) is 16.0 Å². The lowest BCUT2D eigenvalue weighted by molar-refractivity contribution is -0.142. The molecule has 1 rings (SSSR count). The predicted octanol–water partition coefficient (Wildman–Crippen LogP) is -0.223. The number of nitrogens with one attached hydrogen (secondary N) is 3. The van der Waals surface area contributed by atoms with Crippen molar-refractivity contribution in [2.75, 3.05) is 119 Å². The van der Waals surface area contributed by atoms with Crippen LogP contribution in [0, 0.1) is 17.8 Å². The van der Waals surface area contributed by atoms with E-state index in [4.69, 9.17) is 43.0 Å². The first-order chi connectivity index (χ1) is 26.8. The number of carbonyl (C=O) groups excluding carboxylic acids is 5. The van der Waals surface area contributed by atoms with Crippen LogP contribution in [0.4, 0.5) is 0 Å². The van der Waals surface area contributed by atoms with E-state index in [1.54, 1.807) is 13.8 Å². The summed E-state index contributed by atoms with van der Waals surface area (Å²) in [6, 6.07) is -1.91. The minimum atomic E-state index is -1.16. The highest BCUT2D eigenvalue weighted by molar-refractivity contribution is 6.03. The van der Waals surface area contributed by atoms with Crippen LogP contribution in [-0.4, -0.2) is 176 Å². The average Bonchev–Trinajstić information content (AvgIpc) is 3.44. The standard InChI is InChI=1S/C37H66N4O15/c1-27(2)30-26-33(44)41(36(30)46)9-6-31(42)38-8-11-50-13-15-52-17-19-54-21-23-56-25-24-55-22-20-53-18-16-51-14-12-49-10-7-32(43)40-34(28(3)4)35(45)39-29(5)37(47)48/h27-30,34H,6-26H2,1-5H3,(H,38,42)(H,39,45)(H,40,43)(H,47,48). The Morgan fingerprint density at radius 3 is 1.45 bits per heavy atom. The Kier molecular flexibility index (Phi) is 28.8. The van der Waals surface area contributed by atoms with E-state index in [0.29, 0.717) is 106 Å². The number of hydrogen-bond acceptors (Lipinski definition) is 14. The molecule has 0 aromatic carbocycles. The lowest BCUT2D eigenvalue weighted by Gasteiger charge is -2.23. The number of carbonyl (C=O) groups is 6. The van der Waals surface area contributed by atoms with Crippen molar-refractivity contribution in [1.29, 1.82) is 0 Å². The molecule has 5 amide bonds. The summed E-state index contributed by atoms with van der Waals surface area (Å²) in [6.45, 7) is 15.1. The molecule has 3 unspecified atom stereocenters. The maximum absolute atomic E-state index is 12.3. The van der Waals surface area contributed by atoms with Gasteiger partial charge < -0.3 is 59.0 Å². The molecule has 324 valence electrons. The lowest BCUT2D eigenvalue weighted by atomic mass is 9.94. The topological polar surface area (TPSA) is 236 Å². The molecule has 3 atom stereocenters. The second-order valence-electron chi connectivity index (χ2n) is 13.5. The van der Waals surface area contributed by atoms with E-state index >= 15 is 0 Å². The van der Waals surface area contributed by atoms with Crippen molar-refractivity contribution in [3.05, 3.63) is 0 Å². The van der Waals surface area contributed by atoms with Crippen LogP contribution >= 0.6 is 0 Å². The van der Waals surface area contributed by atoms with Crippen molar-refractivity contribution < 1.29 is 71.8 Å². The predicted molar refractivity (Wildman–Crippen MR) is 200 cm³/mol. The van der Waals surface area contributed by atoms with E-state index < -0.39 is 24.0 Å². The van der Waals surface area contributed by atoms with Crippen molar-refractivity contribution in [2.45, 2.75) is 66.0 Å². The Bertz CT molecular complexity index is 1140. The number of nitrogens with zero attached hydrogens (tertiary/aromatic N) is 1. The van der Waals surface area contributed by atoms with Crippen LogP contribution in [0.2, 0.25) is 0 Å². The fraction of sp³-hybridized carbons (Fsp3) is 0.838. The Balaban J connectivity index is 1.80. The summed E-state index contributed by atoms with van der Waals surface area (Å²) in [6.07, 6.45) is 0.334. The molecule has 1 saturated heterocycles. The smallest absolute Gasteiger partial charge is 0.325 e. The molecule has 19 heteroatoms. The summed E-state index contributed by atoms with van der Waals surface area (Å²) in [4.78, 5) is 73.0. The van der Waals surface area contributed by atoms with E-state index in [-0.39, 0.29) is 73.8 Å². The highest BCUT2D eigenvalue weighted by Crippen LogP contribution is 2.26. The van der Waals surface area contributed by atoms with Crippen LogP contribution in [0.15, 0.2) is 0 Å². The number of amides is 5. The highest BCUT2D eigenvalue weighted by Gasteiger charge is 2.39. The van der Waals surface area contributed by atoms with Gasteiger partial charge >= 0.3 is 5.97 Å². The second-order valence-corrected chi connectivity index (χ2v) is 13.5. The molecule has 0 radical (unpaired) electrons. The Hall–Kier alpha value is -3.30. The third-order valence-electron chi connectivity index (χ3n) is 8.29. The number of ether oxygens (including phenoxy) is 8. The van der Waals surface area contributed by atoms with Gasteiger partial charge in [0.2, 0.25) is 29.5 Å². The zero-order valence-corrected chi connectivity index (χ0v) is 33.8. The molecular weight excluding hydrogens is 740 g/mol. The normalized spacial score (nSPS) is 15.4. The third kappa shape index (κ3) is 24.4. The van der Waals surface area contributed by atoms with Gasteiger partial charge in [-0.2, -0.15) is 0 Å². The summed E-state index contributed by atoms with van der Waals surface area (Å²) in [7, 11) is 0. The fourth-order valence-electron chi connectivity index (χ4n) is 4.98. The summed E-state index contributed by atoms with van der Waals surface area (Å²) in [5.41, 5.74) is 0. The van der Waals surface area contributed by atoms with Crippen LogP contribution in [0.25, 0.3) is 0 Å². The van der Waals surface area contributed by atoms with Crippen molar-refractivity contribution in [1.82, 2.24) is 20.9 Å². The van der Waals surface area contributed by atoms with Crippen LogP contribution in [0.1, 0.15) is 53.9 Å². The van der Waals surface area contributed by atoms with Gasteiger partial charge in [-0.1, -0.05) is 27.7 Å². The molecule has 19 nitrogen and oxygen atoms in total. The maximum atomic E-state index is 12.3. The summed E-state index contributed by atoms with van der Waals surface area (Å²) in [5, 5.41) is 16.7. The van der Waals surface area contributed by atoms with Gasteiger partial charge in [-0.25, -0.2) is 0 Å². The number of carboxylic acids is 1. The molecule has 0 saturated carbocycles. The molecule has 56 heavy (non-hydrogen) atoms. The van der Waals surface area contributed by atoms with Gasteiger partial charge in [0.25, 0.3) is 0 Å². The number of rotatable bonds is 36. The first-order valence-electron chi connectivity index (χ1n) is 19.4. The zero-order chi connectivity index (χ0) is 41.6. The third-order valence-corrected chi connectivity index (χ3v) is 8.29. The molecule has 0 bridgehead atoms. The Morgan fingerprint density at radius 2 is 1.05 bits per heavy atom. The van der Waals surface area contributed by atoms with Crippen LogP contribution in [0.3, 0.4) is 0 Å². The molecule has 1 heterocycles. The Labute approximate surface area is 330 Å². The Morgan fingerprint density at radius 1 is 0.625 bits per heavy atom. The van der Waals surface area contributed by atoms with Crippen molar-refractivity contribution >= 4 is 35.5 Å². The van der Waals surface area contributed by atoms with Gasteiger partial charge in [-0.3, -0.25) is 33.7 Å². The summed E-state index contributed by atoms with van der Waals surface area (Å²) in [5.74, 6) is -3.15. The van der Waals surface area contributed by atoms with Crippen molar-refractivity contribution in [3.63, 3.8) is 0 Å². The number of hydrogen-bond donors (Lipinski definition) is 4. The molecular formula is C37H66N4O15. The van der Waals surface area contributed by atoms with E-state index in [1.165, 1.54) is 11.8 Å². The van der Waals surface area contributed by atoms with Gasteiger partial charge in [0.15, 0.2) is 0 Å². The zero-order valence-electron chi connectivity index (χ0n) is 33.8.